The van der Waals surface area contributed by atoms with Crippen molar-refractivity contribution < 1.29 is 37.1 Å². The Morgan fingerprint density at radius 1 is 0.946 bits per heavy atom. The number of amides is 3. The molecule has 1 saturated carbocycles. The van der Waals surface area contributed by atoms with Crippen molar-refractivity contribution in [2.45, 2.75) is 103 Å². The number of ketones is 1. The van der Waals surface area contributed by atoms with Gasteiger partial charge in [-0.1, -0.05) is 65.0 Å². The van der Waals surface area contributed by atoms with Gasteiger partial charge in [-0.3, -0.25) is 23.9 Å². The fourth-order valence-corrected chi connectivity index (χ4v) is 9.20. The zero-order chi connectivity index (χ0) is 40.4. The molecule has 2 aliphatic heterocycles. The minimum absolute atomic E-state index is 0.0125. The third kappa shape index (κ3) is 9.53. The highest BCUT2D eigenvalue weighted by atomic mass is 32.2. The van der Waals surface area contributed by atoms with Gasteiger partial charge in [0.25, 0.3) is 0 Å². The van der Waals surface area contributed by atoms with E-state index in [4.69, 9.17) is 14.5 Å². The van der Waals surface area contributed by atoms with Crippen molar-refractivity contribution in [1.29, 1.82) is 0 Å². The number of pyridine rings is 1. The molecule has 2 saturated heterocycles. The summed E-state index contributed by atoms with van der Waals surface area (Å²) in [6.45, 7) is 10.8. The second-order valence-corrected chi connectivity index (χ2v) is 19.0. The molecule has 56 heavy (non-hydrogen) atoms. The summed E-state index contributed by atoms with van der Waals surface area (Å²) < 4.78 is 39.9. The molecule has 13 heteroatoms. The van der Waals surface area contributed by atoms with Crippen molar-refractivity contribution in [2.24, 2.45) is 23.2 Å². The smallest absolute Gasteiger partial charge is 0.237 e. The van der Waals surface area contributed by atoms with Crippen LogP contribution in [0.2, 0.25) is 0 Å². The van der Waals surface area contributed by atoms with Crippen LogP contribution in [-0.2, 0) is 29.2 Å². The van der Waals surface area contributed by atoms with Gasteiger partial charge in [0.15, 0.2) is 5.78 Å². The summed E-state index contributed by atoms with van der Waals surface area (Å²) in [6.07, 6.45) is 3.20. The number of fused-ring (bicyclic) bond motifs is 1. The zero-order valence-electron chi connectivity index (χ0n) is 33.5. The topological polar surface area (TPSA) is 152 Å². The van der Waals surface area contributed by atoms with Crippen LogP contribution in [0.1, 0.15) is 86.0 Å². The van der Waals surface area contributed by atoms with Gasteiger partial charge in [-0.05, 0) is 55.6 Å². The number of nitrogens with zero attached hydrogens (tertiary/aromatic N) is 3. The number of hydrogen-bond donors (Lipinski definition) is 1. The van der Waals surface area contributed by atoms with Gasteiger partial charge < -0.3 is 19.3 Å². The molecule has 1 aliphatic carbocycles. The van der Waals surface area contributed by atoms with Crippen molar-refractivity contribution in [3.05, 3.63) is 54.6 Å². The number of likely N-dealkylation sites (tertiary alicyclic amines) is 2. The number of methoxy groups -OCH3 is 1. The van der Waals surface area contributed by atoms with E-state index in [0.717, 1.165) is 30.2 Å². The standard InChI is InChI=1S/C43H56N4O8S/c1-27(2)33(41(50)45-56(52,53)31-16-17-31)23-38(48)37-22-30(26-47(37)42(51)34(43(3,4)5)24-40(49)46-19-11-8-12-20-46)55-39-25-35(28-13-9-7-10-14-28)44-36-21-29(54-6)15-18-32(36)39/h7,9-10,13-15,18,21,25,27,30-31,33-34,37H,8,11-12,16-17,19-20,22-24,26H2,1-6H3,(H,45,50)/t30-,33+,34-,37+/m1/s1. The van der Waals surface area contributed by atoms with E-state index < -0.39 is 50.6 Å². The summed E-state index contributed by atoms with van der Waals surface area (Å²) in [6, 6.07) is 16.1. The SMILES string of the molecule is COc1ccc2c(O[C@@H]3C[C@@H](C(=O)C[C@H](C(=O)NS(=O)(=O)C4CC4)C(C)C)N(C(=O)[C@@H](CC(=O)N4CCCCC4)C(C)(C)C)C3)cc(-c3ccccc3)nc2c1. The first kappa shape index (κ1) is 41.1. The molecular formula is C43H56N4O8S. The van der Waals surface area contributed by atoms with Gasteiger partial charge in [-0.25, -0.2) is 13.4 Å². The largest absolute Gasteiger partial charge is 0.497 e. The van der Waals surface area contributed by atoms with Gasteiger partial charge in [0.2, 0.25) is 27.7 Å². The molecule has 0 radical (unpaired) electrons. The summed E-state index contributed by atoms with van der Waals surface area (Å²) in [7, 11) is -2.24. The molecule has 3 heterocycles. The van der Waals surface area contributed by atoms with Crippen molar-refractivity contribution >= 4 is 44.4 Å². The summed E-state index contributed by atoms with van der Waals surface area (Å²) in [4.78, 5) is 64.7. The van der Waals surface area contributed by atoms with Crippen LogP contribution in [-0.4, -0.2) is 90.8 Å². The quantitative estimate of drug-likeness (QED) is 0.202. The lowest BCUT2D eigenvalue weighted by molar-refractivity contribution is -0.148. The number of carbonyl (C=O) groups excluding carboxylic acids is 4. The number of piperidine rings is 1. The van der Waals surface area contributed by atoms with Crippen LogP contribution < -0.4 is 14.2 Å². The van der Waals surface area contributed by atoms with Gasteiger partial charge in [0, 0.05) is 61.4 Å². The Morgan fingerprint density at radius 3 is 2.27 bits per heavy atom. The fraction of sp³-hybridized carbons (Fsp3) is 0.558. The molecule has 0 unspecified atom stereocenters. The number of benzene rings is 2. The summed E-state index contributed by atoms with van der Waals surface area (Å²) in [5, 5.41) is 0.136. The molecule has 6 rings (SSSR count). The average Bonchev–Trinajstić information content (AvgIpc) is 3.96. The summed E-state index contributed by atoms with van der Waals surface area (Å²) in [5.74, 6) is -2.31. The van der Waals surface area contributed by atoms with Crippen LogP contribution in [0.5, 0.6) is 11.5 Å². The molecule has 0 spiro atoms. The number of hydrogen-bond acceptors (Lipinski definition) is 9. The van der Waals surface area contributed by atoms with Crippen molar-refractivity contribution in [1.82, 2.24) is 19.5 Å². The highest BCUT2D eigenvalue weighted by molar-refractivity contribution is 7.90. The third-order valence-corrected chi connectivity index (χ3v) is 13.3. The van der Waals surface area contributed by atoms with Gasteiger partial charge >= 0.3 is 0 Å². The first-order chi connectivity index (χ1) is 26.5. The van der Waals surface area contributed by atoms with Gasteiger partial charge in [0.05, 0.1) is 42.1 Å². The fourth-order valence-electron chi connectivity index (χ4n) is 7.84. The summed E-state index contributed by atoms with van der Waals surface area (Å²) in [5.41, 5.74) is 1.59. The maximum atomic E-state index is 14.8. The van der Waals surface area contributed by atoms with Gasteiger partial charge in [-0.2, -0.15) is 0 Å². The lowest BCUT2D eigenvalue weighted by atomic mass is 9.77. The minimum Gasteiger partial charge on any atom is -0.497 e. The number of ether oxygens (including phenoxy) is 2. The van der Waals surface area contributed by atoms with Gasteiger partial charge in [-0.15, -0.1) is 0 Å². The number of aromatic nitrogens is 1. The predicted octanol–water partition coefficient (Wildman–Crippen LogP) is 6.16. The second-order valence-electron chi connectivity index (χ2n) is 17.0. The van der Waals surface area contributed by atoms with E-state index >= 15 is 0 Å². The lowest BCUT2D eigenvalue weighted by Crippen LogP contribution is -2.49. The number of nitrogens with one attached hydrogen (secondary N) is 1. The molecule has 1 N–H and O–H groups in total. The van der Waals surface area contributed by atoms with E-state index in [9.17, 15) is 27.6 Å². The molecule has 1 aromatic heterocycles. The molecule has 3 aliphatic rings. The van der Waals surface area contributed by atoms with Crippen LogP contribution in [0.4, 0.5) is 0 Å². The maximum Gasteiger partial charge on any atom is 0.237 e. The van der Waals surface area contributed by atoms with Crippen molar-refractivity contribution in [3.8, 4) is 22.8 Å². The van der Waals surface area contributed by atoms with Crippen LogP contribution in [0, 0.1) is 23.2 Å². The molecule has 12 nitrogen and oxygen atoms in total. The lowest BCUT2D eigenvalue weighted by Gasteiger charge is -2.36. The van der Waals surface area contributed by atoms with Gasteiger partial charge in [0.1, 0.15) is 17.6 Å². The number of rotatable bonds is 14. The Hall–Kier alpha value is -4.52. The van der Waals surface area contributed by atoms with E-state index in [2.05, 4.69) is 4.72 Å². The van der Waals surface area contributed by atoms with Crippen LogP contribution in [0.25, 0.3) is 22.2 Å². The molecule has 3 amide bonds. The van der Waals surface area contributed by atoms with Crippen LogP contribution in [0.15, 0.2) is 54.6 Å². The second kappa shape index (κ2) is 16.9. The van der Waals surface area contributed by atoms with Crippen molar-refractivity contribution in [3.63, 3.8) is 0 Å². The van der Waals surface area contributed by atoms with E-state index in [-0.39, 0.29) is 49.3 Å². The van der Waals surface area contributed by atoms with Crippen molar-refractivity contribution in [2.75, 3.05) is 26.7 Å². The summed E-state index contributed by atoms with van der Waals surface area (Å²) >= 11 is 0. The molecule has 2 aromatic carbocycles. The molecule has 302 valence electrons. The Balaban J connectivity index is 1.32. The first-order valence-corrected chi connectivity index (χ1v) is 21.5. The Kier molecular flexibility index (Phi) is 12.4. The van der Waals surface area contributed by atoms with E-state index in [0.29, 0.717) is 48.6 Å². The Morgan fingerprint density at radius 2 is 1.64 bits per heavy atom. The average molecular weight is 789 g/mol. The minimum atomic E-state index is -3.83. The molecule has 3 aromatic rings. The molecule has 3 fully saturated rings. The number of sulfonamides is 1. The first-order valence-electron chi connectivity index (χ1n) is 19.9. The van der Waals surface area contributed by atoms with E-state index in [1.165, 1.54) is 0 Å². The Bertz CT molecular complexity index is 2040. The van der Waals surface area contributed by atoms with E-state index in [1.54, 1.807) is 25.9 Å². The normalized spacial score (nSPS) is 20.1. The van der Waals surface area contributed by atoms with E-state index in [1.807, 2.05) is 80.3 Å². The molecule has 0 bridgehead atoms. The molecular weight excluding hydrogens is 733 g/mol. The maximum absolute atomic E-state index is 14.8. The number of carbonyl (C=O) groups is 4. The van der Waals surface area contributed by atoms with Crippen LogP contribution >= 0.6 is 0 Å². The van der Waals surface area contributed by atoms with Crippen LogP contribution in [0.3, 0.4) is 0 Å². The highest BCUT2D eigenvalue weighted by Gasteiger charge is 2.47. The Labute approximate surface area is 330 Å². The third-order valence-electron chi connectivity index (χ3n) is 11.5. The predicted molar refractivity (Wildman–Crippen MR) is 214 cm³/mol. The number of Topliss-reactive ketones (excluding diaryl/α,β-unsaturated/α-hetero) is 1. The monoisotopic (exact) mass is 788 g/mol. The zero-order valence-corrected chi connectivity index (χ0v) is 34.3. The molecule has 4 atom stereocenters. The highest BCUT2D eigenvalue weighted by Crippen LogP contribution is 2.38.